The third-order valence-corrected chi connectivity index (χ3v) is 3.92. The average molecular weight is 242 g/mol. The molecule has 0 saturated heterocycles. The molecule has 1 aliphatic heterocycles. The molecule has 1 atom stereocenters. The van der Waals surface area contributed by atoms with Gasteiger partial charge in [-0.25, -0.2) is 0 Å². The molecule has 4 heteroatoms. The minimum atomic E-state index is -0.00276. The summed E-state index contributed by atoms with van der Waals surface area (Å²) in [5.41, 5.74) is 1.29. The third-order valence-electron chi connectivity index (χ3n) is 2.66. The molecule has 1 aromatic heterocycles. The smallest absolute Gasteiger partial charge is 0.246 e. The van der Waals surface area contributed by atoms with Crippen LogP contribution in [0.1, 0.15) is 23.3 Å². The number of carbonyl (C=O) groups excluding carboxylic acids is 1. The van der Waals surface area contributed by atoms with Crippen molar-refractivity contribution in [2.75, 3.05) is 6.54 Å². The van der Waals surface area contributed by atoms with Crippen molar-refractivity contribution in [2.45, 2.75) is 19.4 Å². The molecule has 0 spiro atoms. The minimum absolute atomic E-state index is 0.00276. The lowest BCUT2D eigenvalue weighted by atomic mass is 9.97. The van der Waals surface area contributed by atoms with Gasteiger partial charge in [0.05, 0.1) is 10.9 Å². The first-order valence-electron chi connectivity index (χ1n) is 4.81. The van der Waals surface area contributed by atoms with Gasteiger partial charge in [-0.15, -0.1) is 11.3 Å². The Morgan fingerprint density at radius 2 is 2.53 bits per heavy atom. The largest absolute Gasteiger partial charge is 0.333 e. The van der Waals surface area contributed by atoms with Crippen LogP contribution in [0.15, 0.2) is 18.7 Å². The van der Waals surface area contributed by atoms with E-state index >= 15 is 0 Å². The Balaban J connectivity index is 2.29. The summed E-state index contributed by atoms with van der Waals surface area (Å²) < 4.78 is 0.805. The molecular weight excluding hydrogens is 230 g/mol. The molecular formula is C11H12ClNOS. The number of thiophene rings is 1. The Kier molecular flexibility index (Phi) is 2.85. The number of fused-ring (bicyclic) bond motifs is 1. The van der Waals surface area contributed by atoms with E-state index < -0.39 is 0 Å². The highest BCUT2D eigenvalue weighted by Gasteiger charge is 2.26. The van der Waals surface area contributed by atoms with Crippen LogP contribution < -0.4 is 0 Å². The summed E-state index contributed by atoms with van der Waals surface area (Å²) in [6.45, 7) is 7.05. The van der Waals surface area contributed by atoms with Crippen molar-refractivity contribution >= 4 is 28.8 Å². The Morgan fingerprint density at radius 1 is 1.80 bits per heavy atom. The van der Waals surface area contributed by atoms with Crippen LogP contribution >= 0.6 is 22.9 Å². The summed E-state index contributed by atoms with van der Waals surface area (Å²) >= 11 is 7.54. The SMILES string of the molecule is C=CC(=O)N1Cc2sc(Cl)cc2[C@H](C)C1. The highest BCUT2D eigenvalue weighted by Crippen LogP contribution is 2.36. The molecule has 2 rings (SSSR count). The van der Waals surface area contributed by atoms with Crippen molar-refractivity contribution < 1.29 is 4.79 Å². The number of hydrogen-bond donors (Lipinski definition) is 0. The van der Waals surface area contributed by atoms with Crippen LogP contribution in [0.4, 0.5) is 0 Å². The van der Waals surface area contributed by atoms with Crippen LogP contribution in [-0.4, -0.2) is 17.4 Å². The van der Waals surface area contributed by atoms with Gasteiger partial charge in [0.2, 0.25) is 5.91 Å². The summed E-state index contributed by atoms with van der Waals surface area (Å²) in [5.74, 6) is 0.360. The van der Waals surface area contributed by atoms with Crippen molar-refractivity contribution in [2.24, 2.45) is 0 Å². The van der Waals surface area contributed by atoms with Crippen molar-refractivity contribution in [3.8, 4) is 0 Å². The van der Waals surface area contributed by atoms with Crippen molar-refractivity contribution in [3.05, 3.63) is 33.5 Å². The number of halogens is 1. The van der Waals surface area contributed by atoms with Gasteiger partial charge < -0.3 is 4.90 Å². The van der Waals surface area contributed by atoms with Crippen LogP contribution in [0, 0.1) is 0 Å². The van der Waals surface area contributed by atoms with E-state index in [1.165, 1.54) is 16.5 Å². The van der Waals surface area contributed by atoms with Gasteiger partial charge in [0.15, 0.2) is 0 Å². The standard InChI is InChI=1S/C11H12ClNOS/c1-3-11(14)13-5-7(2)8-4-10(12)15-9(8)6-13/h3-4,7H,1,5-6H2,2H3/t7-/m1/s1. The van der Waals surface area contributed by atoms with E-state index in [4.69, 9.17) is 11.6 Å². The zero-order valence-corrected chi connectivity index (χ0v) is 10.1. The molecule has 0 N–H and O–H groups in total. The van der Waals surface area contributed by atoms with E-state index in [1.807, 2.05) is 11.0 Å². The summed E-state index contributed by atoms with van der Waals surface area (Å²) in [6.07, 6.45) is 1.37. The quantitative estimate of drug-likeness (QED) is 0.692. The van der Waals surface area contributed by atoms with Crippen molar-refractivity contribution in [1.29, 1.82) is 0 Å². The molecule has 0 aromatic carbocycles. The zero-order chi connectivity index (χ0) is 11.0. The molecule has 1 aliphatic rings. The molecule has 1 aromatic rings. The molecule has 0 aliphatic carbocycles. The normalized spacial score (nSPS) is 19.9. The maximum absolute atomic E-state index is 11.5. The predicted molar refractivity (Wildman–Crippen MR) is 63.4 cm³/mol. The monoisotopic (exact) mass is 241 g/mol. The van der Waals surface area contributed by atoms with Gasteiger partial charge in [-0.05, 0) is 23.6 Å². The van der Waals surface area contributed by atoms with Gasteiger partial charge in [-0.3, -0.25) is 4.79 Å². The Labute approximate surface area is 98.2 Å². The highest BCUT2D eigenvalue weighted by molar-refractivity contribution is 7.16. The van der Waals surface area contributed by atoms with E-state index in [1.54, 1.807) is 11.3 Å². The molecule has 15 heavy (non-hydrogen) atoms. The lowest BCUT2D eigenvalue weighted by Crippen LogP contribution is -2.35. The van der Waals surface area contributed by atoms with Crippen LogP contribution in [0.2, 0.25) is 4.34 Å². The van der Waals surface area contributed by atoms with Crippen LogP contribution in [0.25, 0.3) is 0 Å². The number of nitrogens with zero attached hydrogens (tertiary/aromatic N) is 1. The first-order valence-corrected chi connectivity index (χ1v) is 6.00. The van der Waals surface area contributed by atoms with E-state index in [2.05, 4.69) is 13.5 Å². The van der Waals surface area contributed by atoms with Crippen LogP contribution in [0.3, 0.4) is 0 Å². The molecule has 0 saturated carbocycles. The van der Waals surface area contributed by atoms with Gasteiger partial charge in [0.1, 0.15) is 0 Å². The Hall–Kier alpha value is -0.800. The minimum Gasteiger partial charge on any atom is -0.333 e. The average Bonchev–Trinajstić information content (AvgIpc) is 2.58. The zero-order valence-electron chi connectivity index (χ0n) is 8.50. The summed E-state index contributed by atoms with van der Waals surface area (Å²) in [7, 11) is 0. The topological polar surface area (TPSA) is 20.3 Å². The summed E-state index contributed by atoms with van der Waals surface area (Å²) in [4.78, 5) is 14.5. The third kappa shape index (κ3) is 1.94. The van der Waals surface area contributed by atoms with E-state index in [0.29, 0.717) is 12.5 Å². The second-order valence-electron chi connectivity index (χ2n) is 3.75. The predicted octanol–water partition coefficient (Wildman–Crippen LogP) is 3.03. The molecule has 0 unspecified atom stereocenters. The molecule has 2 heterocycles. The van der Waals surface area contributed by atoms with Gasteiger partial charge in [0.25, 0.3) is 0 Å². The van der Waals surface area contributed by atoms with Gasteiger partial charge >= 0.3 is 0 Å². The number of hydrogen-bond acceptors (Lipinski definition) is 2. The van der Waals surface area contributed by atoms with Crippen LogP contribution in [-0.2, 0) is 11.3 Å². The molecule has 0 radical (unpaired) electrons. The van der Waals surface area contributed by atoms with E-state index in [-0.39, 0.29) is 5.91 Å². The fourth-order valence-electron chi connectivity index (χ4n) is 1.91. The summed E-state index contributed by atoms with van der Waals surface area (Å²) in [5, 5.41) is 0. The number of amides is 1. The fraction of sp³-hybridized carbons (Fsp3) is 0.364. The Bertz CT molecular complexity index is 413. The Morgan fingerprint density at radius 3 is 3.20 bits per heavy atom. The first kappa shape index (κ1) is 10.7. The van der Waals surface area contributed by atoms with Crippen molar-refractivity contribution in [1.82, 2.24) is 4.90 Å². The maximum Gasteiger partial charge on any atom is 0.246 e. The number of carbonyl (C=O) groups is 1. The number of rotatable bonds is 1. The molecule has 0 bridgehead atoms. The second kappa shape index (κ2) is 3.99. The first-order chi connectivity index (χ1) is 7.11. The molecule has 0 fully saturated rings. The highest BCUT2D eigenvalue weighted by atomic mass is 35.5. The van der Waals surface area contributed by atoms with Gasteiger partial charge in [-0.1, -0.05) is 25.1 Å². The summed E-state index contributed by atoms with van der Waals surface area (Å²) in [6, 6.07) is 2.02. The maximum atomic E-state index is 11.5. The lowest BCUT2D eigenvalue weighted by molar-refractivity contribution is -0.127. The van der Waals surface area contributed by atoms with E-state index in [9.17, 15) is 4.79 Å². The molecule has 1 amide bonds. The second-order valence-corrected chi connectivity index (χ2v) is 5.52. The van der Waals surface area contributed by atoms with Crippen molar-refractivity contribution in [3.63, 3.8) is 0 Å². The molecule has 2 nitrogen and oxygen atoms in total. The van der Waals surface area contributed by atoms with Gasteiger partial charge in [0, 0.05) is 11.4 Å². The molecule has 80 valence electrons. The van der Waals surface area contributed by atoms with Crippen LogP contribution in [0.5, 0.6) is 0 Å². The van der Waals surface area contributed by atoms with Gasteiger partial charge in [-0.2, -0.15) is 0 Å². The van der Waals surface area contributed by atoms with E-state index in [0.717, 1.165) is 10.9 Å². The fourth-order valence-corrected chi connectivity index (χ4v) is 3.33. The lowest BCUT2D eigenvalue weighted by Gasteiger charge is -2.30.